The monoisotopic (exact) mass is 459 g/mol. The Morgan fingerprint density at radius 2 is 1.73 bits per heavy atom. The van der Waals surface area contributed by atoms with Crippen molar-refractivity contribution in [1.29, 1.82) is 0 Å². The number of fused-ring (bicyclic) bond motifs is 1. The highest BCUT2D eigenvalue weighted by molar-refractivity contribution is 7.92. The highest BCUT2D eigenvalue weighted by atomic mass is 35.5. The maximum atomic E-state index is 13.0. The molecule has 8 heteroatoms. The molecule has 0 saturated heterocycles. The van der Waals surface area contributed by atoms with Crippen molar-refractivity contribution in [2.45, 2.75) is 25.3 Å². The molecule has 0 aliphatic carbocycles. The number of benzene rings is 3. The Bertz CT molecular complexity index is 1350. The highest BCUT2D eigenvalue weighted by Gasteiger charge is 2.20. The zero-order valence-electron chi connectivity index (χ0n) is 16.4. The standard InChI is InChI=1S/C22H19Cl2N3O2S/c1-14-10-20-22(25-13-27(20)12-16-6-8-17(23)9-7-16)21(15(14)2)26-30(28,29)19-5-3-4-18(24)11-19/h3-11,13,26H,12H2,1-2H3. The maximum Gasteiger partial charge on any atom is 0.262 e. The lowest BCUT2D eigenvalue weighted by Gasteiger charge is -2.14. The van der Waals surface area contributed by atoms with Crippen molar-refractivity contribution < 1.29 is 8.42 Å². The van der Waals surface area contributed by atoms with Gasteiger partial charge in [0, 0.05) is 16.6 Å². The van der Waals surface area contributed by atoms with Gasteiger partial charge in [-0.2, -0.15) is 0 Å². The third-order valence-corrected chi connectivity index (χ3v) is 6.88. The van der Waals surface area contributed by atoms with Crippen molar-refractivity contribution >= 4 is 49.9 Å². The van der Waals surface area contributed by atoms with Crippen LogP contribution >= 0.6 is 23.2 Å². The number of aromatic nitrogens is 2. The van der Waals surface area contributed by atoms with Crippen molar-refractivity contribution in [2.24, 2.45) is 0 Å². The molecule has 0 radical (unpaired) electrons. The van der Waals surface area contributed by atoms with E-state index in [0.29, 0.717) is 27.8 Å². The highest BCUT2D eigenvalue weighted by Crippen LogP contribution is 2.31. The fourth-order valence-electron chi connectivity index (χ4n) is 3.29. The first-order valence-electron chi connectivity index (χ1n) is 9.22. The third-order valence-electron chi connectivity index (χ3n) is 5.04. The average molecular weight is 460 g/mol. The zero-order valence-corrected chi connectivity index (χ0v) is 18.7. The van der Waals surface area contributed by atoms with Crippen LogP contribution in [0.25, 0.3) is 11.0 Å². The largest absolute Gasteiger partial charge is 0.326 e. The first-order chi connectivity index (χ1) is 14.2. The Labute approximate surface area is 185 Å². The molecule has 0 atom stereocenters. The quantitative estimate of drug-likeness (QED) is 0.409. The molecule has 0 amide bonds. The number of aryl methyl sites for hydroxylation is 1. The van der Waals surface area contributed by atoms with E-state index in [1.165, 1.54) is 12.1 Å². The topological polar surface area (TPSA) is 64.0 Å². The van der Waals surface area contributed by atoms with E-state index in [0.717, 1.165) is 22.2 Å². The molecule has 4 rings (SSSR count). The molecular formula is C22H19Cl2N3O2S. The van der Waals surface area contributed by atoms with Crippen LogP contribution in [0.5, 0.6) is 0 Å². The van der Waals surface area contributed by atoms with Gasteiger partial charge in [-0.3, -0.25) is 4.72 Å². The average Bonchev–Trinajstić information content (AvgIpc) is 3.09. The summed E-state index contributed by atoms with van der Waals surface area (Å²) in [5, 5.41) is 1.04. The van der Waals surface area contributed by atoms with Gasteiger partial charge >= 0.3 is 0 Å². The molecule has 0 aliphatic rings. The van der Waals surface area contributed by atoms with E-state index in [2.05, 4.69) is 9.71 Å². The number of nitrogens with zero attached hydrogens (tertiary/aromatic N) is 2. The smallest absolute Gasteiger partial charge is 0.262 e. The summed E-state index contributed by atoms with van der Waals surface area (Å²) in [5.41, 5.74) is 4.77. The van der Waals surface area contributed by atoms with Crippen molar-refractivity contribution in [3.05, 3.63) is 87.7 Å². The summed E-state index contributed by atoms with van der Waals surface area (Å²) in [6.45, 7) is 4.42. The second-order valence-electron chi connectivity index (χ2n) is 7.12. The zero-order chi connectivity index (χ0) is 21.5. The molecule has 0 spiro atoms. The van der Waals surface area contributed by atoms with Gasteiger partial charge in [0.25, 0.3) is 10.0 Å². The van der Waals surface area contributed by atoms with E-state index in [4.69, 9.17) is 23.2 Å². The summed E-state index contributed by atoms with van der Waals surface area (Å²) in [4.78, 5) is 4.62. The molecule has 0 fully saturated rings. The lowest BCUT2D eigenvalue weighted by Crippen LogP contribution is -2.14. The maximum absolute atomic E-state index is 13.0. The second kappa shape index (κ2) is 7.95. The van der Waals surface area contributed by atoms with Crippen LogP contribution in [0.3, 0.4) is 0 Å². The number of nitrogens with one attached hydrogen (secondary N) is 1. The summed E-state index contributed by atoms with van der Waals surface area (Å²) in [6, 6.07) is 15.8. The molecule has 5 nitrogen and oxygen atoms in total. The number of hydrogen-bond donors (Lipinski definition) is 1. The normalized spacial score (nSPS) is 11.7. The Balaban J connectivity index is 1.77. The molecule has 3 aromatic carbocycles. The summed E-state index contributed by atoms with van der Waals surface area (Å²) < 4.78 is 30.7. The number of hydrogen-bond acceptors (Lipinski definition) is 3. The predicted molar refractivity (Wildman–Crippen MR) is 122 cm³/mol. The van der Waals surface area contributed by atoms with Crippen molar-refractivity contribution in [2.75, 3.05) is 4.72 Å². The van der Waals surface area contributed by atoms with Crippen LogP contribution in [-0.4, -0.2) is 18.0 Å². The van der Waals surface area contributed by atoms with Crippen LogP contribution in [0.15, 0.2) is 65.8 Å². The first-order valence-corrected chi connectivity index (χ1v) is 11.5. The molecule has 1 aromatic heterocycles. The molecular weight excluding hydrogens is 441 g/mol. The molecule has 1 heterocycles. The van der Waals surface area contributed by atoms with E-state index < -0.39 is 10.0 Å². The lowest BCUT2D eigenvalue weighted by molar-refractivity contribution is 0.601. The van der Waals surface area contributed by atoms with Gasteiger partial charge in [-0.15, -0.1) is 0 Å². The number of imidazole rings is 1. The first kappa shape index (κ1) is 20.7. The van der Waals surface area contributed by atoms with E-state index in [-0.39, 0.29) is 4.90 Å². The van der Waals surface area contributed by atoms with Crippen LogP contribution in [0.4, 0.5) is 5.69 Å². The summed E-state index contributed by atoms with van der Waals surface area (Å²) in [6.07, 6.45) is 1.72. The molecule has 1 N–H and O–H groups in total. The van der Waals surface area contributed by atoms with Gasteiger partial charge in [-0.1, -0.05) is 41.4 Å². The van der Waals surface area contributed by atoms with E-state index in [1.54, 1.807) is 18.5 Å². The fourth-order valence-corrected chi connectivity index (χ4v) is 4.85. The molecule has 0 unspecified atom stereocenters. The predicted octanol–water partition coefficient (Wildman–Crippen LogP) is 5.81. The van der Waals surface area contributed by atoms with E-state index >= 15 is 0 Å². The van der Waals surface area contributed by atoms with Crippen molar-refractivity contribution in [1.82, 2.24) is 9.55 Å². The van der Waals surface area contributed by atoms with Gasteiger partial charge in [0.05, 0.1) is 22.4 Å². The van der Waals surface area contributed by atoms with Gasteiger partial charge in [0.1, 0.15) is 5.52 Å². The third kappa shape index (κ3) is 4.03. The molecule has 154 valence electrons. The number of rotatable bonds is 5. The van der Waals surface area contributed by atoms with Gasteiger partial charge in [0.2, 0.25) is 0 Å². The SMILES string of the molecule is Cc1cc2c(ncn2Cc2ccc(Cl)cc2)c(NS(=O)(=O)c2cccc(Cl)c2)c1C. The van der Waals surface area contributed by atoms with Gasteiger partial charge in [0.15, 0.2) is 0 Å². The van der Waals surface area contributed by atoms with Gasteiger partial charge in [-0.05, 0) is 66.9 Å². The van der Waals surface area contributed by atoms with Gasteiger partial charge < -0.3 is 4.57 Å². The minimum atomic E-state index is -3.82. The summed E-state index contributed by atoms with van der Waals surface area (Å²) in [7, 11) is -3.82. The van der Waals surface area contributed by atoms with E-state index in [1.807, 2.05) is 48.7 Å². The second-order valence-corrected chi connectivity index (χ2v) is 9.68. The van der Waals surface area contributed by atoms with E-state index in [9.17, 15) is 8.42 Å². The van der Waals surface area contributed by atoms with Crippen LogP contribution in [0.2, 0.25) is 10.0 Å². The molecule has 0 aliphatic heterocycles. The van der Waals surface area contributed by atoms with Crippen LogP contribution in [-0.2, 0) is 16.6 Å². The Hall–Kier alpha value is -2.54. The molecule has 0 saturated carbocycles. The van der Waals surface area contributed by atoms with Crippen molar-refractivity contribution in [3.8, 4) is 0 Å². The number of sulfonamides is 1. The van der Waals surface area contributed by atoms with Crippen molar-refractivity contribution in [3.63, 3.8) is 0 Å². The molecule has 4 aromatic rings. The summed E-state index contributed by atoms with van der Waals surface area (Å²) >= 11 is 12.0. The number of halogens is 2. The minimum absolute atomic E-state index is 0.102. The molecule has 30 heavy (non-hydrogen) atoms. The Morgan fingerprint density at radius 1 is 1.00 bits per heavy atom. The number of anilines is 1. The fraction of sp³-hybridized carbons (Fsp3) is 0.136. The Kier molecular flexibility index (Phi) is 5.49. The lowest BCUT2D eigenvalue weighted by atomic mass is 10.1. The Morgan fingerprint density at radius 3 is 2.43 bits per heavy atom. The summed E-state index contributed by atoms with van der Waals surface area (Å²) in [5.74, 6) is 0. The van der Waals surface area contributed by atoms with Crippen LogP contribution in [0.1, 0.15) is 16.7 Å². The minimum Gasteiger partial charge on any atom is -0.326 e. The van der Waals surface area contributed by atoms with Gasteiger partial charge in [-0.25, -0.2) is 13.4 Å². The van der Waals surface area contributed by atoms with Crippen LogP contribution in [0, 0.1) is 13.8 Å². The van der Waals surface area contributed by atoms with Crippen LogP contribution < -0.4 is 4.72 Å². The molecule has 0 bridgehead atoms.